The molecular formula is C53H52N6O12S. The number of aliphatic hydroxyl groups is 2. The lowest BCUT2D eigenvalue weighted by atomic mass is 10.1. The number of aromatic amines is 1. The number of para-hydroxylation sites is 2. The lowest BCUT2D eigenvalue weighted by Gasteiger charge is -2.16. The first-order valence-corrected chi connectivity index (χ1v) is 23.8. The Morgan fingerprint density at radius 3 is 1.83 bits per heavy atom. The Hall–Kier alpha value is -8.26. The molecule has 0 spiro atoms. The number of nitrogens with one attached hydrogen (secondary N) is 1. The molecule has 0 aliphatic heterocycles. The number of methoxy groups -OCH3 is 2. The molecule has 0 bridgehead atoms. The predicted molar refractivity (Wildman–Crippen MR) is 274 cm³/mol. The predicted octanol–water partition coefficient (Wildman–Crippen LogP) is 10.0. The molecule has 0 atom stereocenters. The summed E-state index contributed by atoms with van der Waals surface area (Å²) in [7, 11) is 7.08. The molecule has 5 aromatic heterocycles. The number of fused-ring (bicyclic) bond motifs is 7. The van der Waals surface area contributed by atoms with Gasteiger partial charge in [-0.25, -0.2) is 9.59 Å². The summed E-state index contributed by atoms with van der Waals surface area (Å²) in [6.45, 7) is 4.07. The fourth-order valence-corrected chi connectivity index (χ4v) is 9.50. The summed E-state index contributed by atoms with van der Waals surface area (Å²) in [5.74, 6) is 2.73. The maximum absolute atomic E-state index is 12.9. The van der Waals surface area contributed by atoms with E-state index in [-0.39, 0.29) is 45.5 Å². The average molecular weight is 997 g/mol. The second-order valence-corrected chi connectivity index (χ2v) is 16.7. The van der Waals surface area contributed by atoms with E-state index < -0.39 is 12.3 Å². The van der Waals surface area contributed by atoms with E-state index in [4.69, 9.17) is 37.9 Å². The average Bonchev–Trinajstić information content (AvgIpc) is 4.20. The zero-order valence-corrected chi connectivity index (χ0v) is 41.2. The highest BCUT2D eigenvalue weighted by molar-refractivity contribution is 7.00. The van der Waals surface area contributed by atoms with E-state index in [1.165, 1.54) is 11.7 Å². The van der Waals surface area contributed by atoms with Crippen LogP contribution in [0.3, 0.4) is 0 Å². The molecule has 0 aliphatic rings. The van der Waals surface area contributed by atoms with E-state index in [0.717, 1.165) is 60.5 Å². The third-order valence-electron chi connectivity index (χ3n) is 12.0. The number of benzene rings is 5. The van der Waals surface area contributed by atoms with Crippen LogP contribution in [0.5, 0.6) is 34.8 Å². The first-order chi connectivity index (χ1) is 35.1. The Kier molecular flexibility index (Phi) is 14.5. The van der Waals surface area contributed by atoms with E-state index in [9.17, 15) is 19.8 Å². The van der Waals surface area contributed by atoms with Crippen LogP contribution in [0.4, 0.5) is 9.59 Å². The molecule has 372 valence electrons. The molecule has 0 aliphatic carbocycles. The quantitative estimate of drug-likeness (QED) is 0.0771. The summed E-state index contributed by atoms with van der Waals surface area (Å²) in [5.41, 5.74) is 10.7. The number of ether oxygens (including phenoxy) is 8. The fraction of sp³-hybridized carbons (Fsp3) is 0.245. The Labute approximate surface area is 416 Å². The van der Waals surface area contributed by atoms with Gasteiger partial charge in [-0.05, 0) is 67.9 Å². The monoisotopic (exact) mass is 996 g/mol. The Morgan fingerprint density at radius 1 is 0.639 bits per heavy atom. The second kappa shape index (κ2) is 21.4. The summed E-state index contributed by atoms with van der Waals surface area (Å²) in [6, 6.07) is 32.8. The van der Waals surface area contributed by atoms with E-state index in [0.29, 0.717) is 57.7 Å². The highest BCUT2D eigenvalue weighted by atomic mass is 32.1. The molecular weight excluding hydrogens is 945 g/mol. The van der Waals surface area contributed by atoms with Gasteiger partial charge in [-0.3, -0.25) is 0 Å². The Bertz CT molecular complexity index is 3590. The minimum atomic E-state index is -0.812. The molecule has 5 heterocycles. The van der Waals surface area contributed by atoms with Crippen LogP contribution in [-0.4, -0.2) is 104 Å². The van der Waals surface area contributed by atoms with Gasteiger partial charge in [0.05, 0.1) is 103 Å². The number of hydrogen-bond donors (Lipinski definition) is 3. The highest BCUT2D eigenvalue weighted by Gasteiger charge is 2.30. The summed E-state index contributed by atoms with van der Waals surface area (Å²) in [5, 5.41) is 20.8. The first kappa shape index (κ1) is 48.8. The molecule has 10 rings (SSSR count). The largest absolute Gasteiger partial charge is 0.515 e. The van der Waals surface area contributed by atoms with Crippen LogP contribution >= 0.6 is 11.7 Å². The molecule has 3 N–H and O–H groups in total. The first-order valence-electron chi connectivity index (χ1n) is 23.1. The topological polar surface area (TPSA) is 205 Å². The van der Waals surface area contributed by atoms with Crippen LogP contribution in [0.25, 0.3) is 77.2 Å². The van der Waals surface area contributed by atoms with Gasteiger partial charge in [0.15, 0.2) is 0 Å². The number of aliphatic hydroxyl groups excluding tert-OH is 2. The molecule has 72 heavy (non-hydrogen) atoms. The Balaban J connectivity index is 0.000000185. The number of carbonyl (C=O) groups is 2. The smallest absolute Gasteiger partial charge is 0.497 e. The van der Waals surface area contributed by atoms with Crippen LogP contribution in [0.15, 0.2) is 103 Å². The molecule has 18 nitrogen and oxygen atoms in total. The van der Waals surface area contributed by atoms with Crippen molar-refractivity contribution in [3.05, 3.63) is 109 Å². The van der Waals surface area contributed by atoms with Crippen LogP contribution < -0.4 is 28.4 Å². The summed E-state index contributed by atoms with van der Waals surface area (Å²) in [4.78, 5) is 28.3. The van der Waals surface area contributed by atoms with Crippen molar-refractivity contribution in [2.75, 3.05) is 53.9 Å². The lowest BCUT2D eigenvalue weighted by Crippen LogP contribution is -2.14. The standard InChI is InChI=1S/C30H28N4O6S.C23H24N2O6/c1-4-38-30(36)40-29-26(21-11-10-19(37-3)16-25(21)39-14-13-35)28-27(20-7-5-6-8-24(20)33(28)2)34(29)17-18-9-12-22-23(15-18)32-41-31-22;1-4-29-23(27)31-22-19(16-10-9-14(28-3)13-18(16)30-12-11-26)21-20(24-22)15-7-5-6-8-17(15)25(21)2/h5-12,15-16,35H,4,13-14,17H2,1-3H3;5-10,13,24,26H,4,11-12H2,1-3H3. The van der Waals surface area contributed by atoms with Crippen molar-refractivity contribution in [1.82, 2.24) is 27.4 Å². The molecule has 0 radical (unpaired) electrons. The summed E-state index contributed by atoms with van der Waals surface area (Å²) in [6.07, 6.45) is -1.61. The maximum Gasteiger partial charge on any atom is 0.515 e. The van der Waals surface area contributed by atoms with E-state index >= 15 is 0 Å². The van der Waals surface area contributed by atoms with Gasteiger partial charge in [0, 0.05) is 48.1 Å². The maximum atomic E-state index is 12.9. The van der Waals surface area contributed by atoms with E-state index in [1.54, 1.807) is 46.3 Å². The third kappa shape index (κ3) is 9.27. The van der Waals surface area contributed by atoms with Gasteiger partial charge in [0.1, 0.15) is 47.2 Å². The molecule has 0 saturated carbocycles. The van der Waals surface area contributed by atoms with Crippen molar-refractivity contribution < 1.29 is 57.7 Å². The third-order valence-corrected chi connectivity index (χ3v) is 12.6. The van der Waals surface area contributed by atoms with Crippen molar-refractivity contribution >= 4 is 78.9 Å². The number of aromatic nitrogens is 6. The zero-order chi connectivity index (χ0) is 50.5. The molecule has 19 heteroatoms. The molecule has 5 aromatic carbocycles. The molecule has 10 aromatic rings. The number of carbonyl (C=O) groups excluding carboxylic acids is 2. The zero-order valence-electron chi connectivity index (χ0n) is 40.4. The van der Waals surface area contributed by atoms with Gasteiger partial charge < -0.3 is 66.8 Å². The normalized spacial score (nSPS) is 11.3. The summed E-state index contributed by atoms with van der Waals surface area (Å²) >= 11 is 1.17. The van der Waals surface area contributed by atoms with Crippen LogP contribution in [0.2, 0.25) is 0 Å². The Morgan fingerprint density at radius 2 is 1.21 bits per heavy atom. The SMILES string of the molecule is CCOC(=O)Oc1[nH]c2c3ccccc3n(C)c2c1-c1ccc(OC)cc1OCCO.CCOC(=O)Oc1c(-c2ccc(OC)cc2OCCO)c2c(c3ccccc3n2C)n1Cc1ccc2nsnc2c1. The van der Waals surface area contributed by atoms with Gasteiger partial charge in [-0.1, -0.05) is 42.5 Å². The number of aryl methyl sites for hydroxylation is 2. The molecule has 0 fully saturated rings. The van der Waals surface area contributed by atoms with Crippen LogP contribution in [-0.2, 0) is 30.1 Å². The van der Waals surface area contributed by atoms with E-state index in [1.807, 2.05) is 96.0 Å². The van der Waals surface area contributed by atoms with E-state index in [2.05, 4.69) is 30.4 Å². The number of rotatable bonds is 16. The minimum absolute atomic E-state index is 0.0783. The van der Waals surface area contributed by atoms with Gasteiger partial charge >= 0.3 is 12.3 Å². The van der Waals surface area contributed by atoms with Crippen LogP contribution in [0, 0.1) is 0 Å². The van der Waals surface area contributed by atoms with Crippen LogP contribution in [0.1, 0.15) is 19.4 Å². The van der Waals surface area contributed by atoms with Crippen molar-refractivity contribution in [1.29, 1.82) is 0 Å². The molecule has 0 saturated heterocycles. The second-order valence-electron chi connectivity index (χ2n) is 16.2. The lowest BCUT2D eigenvalue weighted by molar-refractivity contribution is 0.101. The van der Waals surface area contributed by atoms with Crippen molar-refractivity contribution in [3.63, 3.8) is 0 Å². The number of hydrogen-bond acceptors (Lipinski definition) is 15. The van der Waals surface area contributed by atoms with Gasteiger partial charge in [-0.2, -0.15) is 8.75 Å². The van der Waals surface area contributed by atoms with Crippen molar-refractivity contribution in [2.24, 2.45) is 14.1 Å². The van der Waals surface area contributed by atoms with Crippen molar-refractivity contribution in [2.45, 2.75) is 20.4 Å². The van der Waals surface area contributed by atoms with Crippen molar-refractivity contribution in [3.8, 4) is 57.0 Å². The molecule has 0 amide bonds. The highest BCUT2D eigenvalue weighted by Crippen LogP contribution is 2.49. The number of H-pyrrole nitrogens is 1. The van der Waals surface area contributed by atoms with Gasteiger partial charge in [-0.15, -0.1) is 0 Å². The summed E-state index contributed by atoms with van der Waals surface area (Å²) < 4.78 is 59.2. The molecule has 0 unspecified atom stereocenters. The fourth-order valence-electron chi connectivity index (χ4n) is 8.98. The van der Waals surface area contributed by atoms with Gasteiger partial charge in [0.2, 0.25) is 11.8 Å². The minimum Gasteiger partial charge on any atom is -0.497 e. The van der Waals surface area contributed by atoms with Gasteiger partial charge in [0.25, 0.3) is 0 Å². The number of nitrogens with zero attached hydrogens (tertiary/aromatic N) is 5.